The van der Waals surface area contributed by atoms with E-state index < -0.39 is 5.60 Å². The fourth-order valence-corrected chi connectivity index (χ4v) is 5.90. The van der Waals surface area contributed by atoms with Crippen molar-refractivity contribution < 1.29 is 9.90 Å². The van der Waals surface area contributed by atoms with Crippen molar-refractivity contribution in [2.75, 3.05) is 26.2 Å². The van der Waals surface area contributed by atoms with Crippen LogP contribution in [0.15, 0.2) is 73.3 Å². The van der Waals surface area contributed by atoms with Crippen molar-refractivity contribution in [3.8, 4) is 0 Å². The number of hydrogen-bond donors (Lipinski definition) is 1. The summed E-state index contributed by atoms with van der Waals surface area (Å²) in [6.07, 6.45) is 4.05. The number of aliphatic hydroxyl groups is 1. The van der Waals surface area contributed by atoms with Crippen LogP contribution in [0.25, 0.3) is 0 Å². The van der Waals surface area contributed by atoms with Crippen LogP contribution in [0.1, 0.15) is 37.3 Å². The van der Waals surface area contributed by atoms with Gasteiger partial charge in [-0.3, -0.25) is 14.6 Å². The summed E-state index contributed by atoms with van der Waals surface area (Å²) < 4.78 is 0. The molecule has 2 heterocycles. The summed E-state index contributed by atoms with van der Waals surface area (Å²) in [7, 11) is 0. The minimum Gasteiger partial charge on any atom is -0.389 e. The lowest BCUT2D eigenvalue weighted by Crippen LogP contribution is -2.62. The van der Waals surface area contributed by atoms with E-state index in [9.17, 15) is 9.90 Å². The van der Waals surface area contributed by atoms with Gasteiger partial charge in [-0.25, -0.2) is 0 Å². The van der Waals surface area contributed by atoms with Crippen molar-refractivity contribution in [3.63, 3.8) is 0 Å². The quantitative estimate of drug-likeness (QED) is 0.605. The molecule has 2 fully saturated rings. The first-order chi connectivity index (χ1) is 16.0. The molecule has 2 aliphatic heterocycles. The van der Waals surface area contributed by atoms with Crippen LogP contribution < -0.4 is 0 Å². The van der Waals surface area contributed by atoms with E-state index in [-0.39, 0.29) is 23.5 Å². The number of carbonyl (C=O) groups excluding carboxylic acids is 1. The summed E-state index contributed by atoms with van der Waals surface area (Å²) in [5.41, 5.74) is 1.60. The van der Waals surface area contributed by atoms with Crippen molar-refractivity contribution in [1.82, 2.24) is 9.80 Å². The van der Waals surface area contributed by atoms with E-state index in [1.165, 1.54) is 11.1 Å². The zero-order chi connectivity index (χ0) is 23.3. The maximum atomic E-state index is 13.6. The smallest absolute Gasteiger partial charge is 0.144 e. The number of ketones is 1. The van der Waals surface area contributed by atoms with Crippen LogP contribution in [0.4, 0.5) is 0 Å². The molecular weight excluding hydrogens is 408 g/mol. The molecule has 0 aliphatic carbocycles. The van der Waals surface area contributed by atoms with E-state index >= 15 is 0 Å². The average Bonchev–Trinajstić information content (AvgIpc) is 2.83. The SMILES string of the molecule is C=CC[C@@H]1CN(Cc2ccccc2)C[C@H]([C@@]2(O)CCN(Cc3ccccc3)C[C@@H]2CC)C1=O. The fraction of sp³-hybridized carbons (Fsp3) is 0.483. The van der Waals surface area contributed by atoms with Gasteiger partial charge in [0.1, 0.15) is 5.78 Å². The van der Waals surface area contributed by atoms with Crippen LogP contribution in [-0.4, -0.2) is 52.5 Å². The van der Waals surface area contributed by atoms with E-state index in [0.29, 0.717) is 19.4 Å². The maximum Gasteiger partial charge on any atom is 0.144 e. The first kappa shape index (κ1) is 23.9. The van der Waals surface area contributed by atoms with Crippen LogP contribution in [0.3, 0.4) is 0 Å². The zero-order valence-corrected chi connectivity index (χ0v) is 19.9. The molecule has 2 aromatic rings. The monoisotopic (exact) mass is 446 g/mol. The second-order valence-electron chi connectivity index (χ2n) is 9.92. The molecule has 4 heteroatoms. The van der Waals surface area contributed by atoms with Crippen molar-refractivity contribution in [3.05, 3.63) is 84.4 Å². The molecule has 2 saturated heterocycles. The normalized spacial score (nSPS) is 29.2. The summed E-state index contributed by atoms with van der Waals surface area (Å²) >= 11 is 0. The third-order valence-electron chi connectivity index (χ3n) is 7.72. The molecule has 0 unspecified atom stereocenters. The molecule has 0 amide bonds. The lowest BCUT2D eigenvalue weighted by molar-refractivity contribution is -0.161. The number of benzene rings is 2. The predicted octanol–water partition coefficient (Wildman–Crippen LogP) is 4.54. The number of piperidine rings is 2. The van der Waals surface area contributed by atoms with Gasteiger partial charge >= 0.3 is 0 Å². The average molecular weight is 447 g/mol. The summed E-state index contributed by atoms with van der Waals surface area (Å²) in [6.45, 7) is 10.8. The highest BCUT2D eigenvalue weighted by Gasteiger charge is 2.52. The van der Waals surface area contributed by atoms with E-state index in [1.54, 1.807) is 0 Å². The molecule has 1 N–H and O–H groups in total. The van der Waals surface area contributed by atoms with Gasteiger partial charge < -0.3 is 5.11 Å². The lowest BCUT2D eigenvalue weighted by Gasteiger charge is -2.51. The number of likely N-dealkylation sites (tertiary alicyclic amines) is 2. The maximum absolute atomic E-state index is 13.6. The van der Waals surface area contributed by atoms with Gasteiger partial charge in [-0.05, 0) is 30.4 Å². The number of hydrogen-bond acceptors (Lipinski definition) is 4. The molecule has 0 aromatic heterocycles. The highest BCUT2D eigenvalue weighted by Crippen LogP contribution is 2.41. The number of carbonyl (C=O) groups is 1. The number of Topliss-reactive ketones (excluding diaryl/α,β-unsaturated/α-hetero) is 1. The summed E-state index contributed by atoms with van der Waals surface area (Å²) in [5.74, 6) is -0.112. The highest BCUT2D eigenvalue weighted by molar-refractivity contribution is 5.86. The Morgan fingerprint density at radius 1 is 0.970 bits per heavy atom. The predicted molar refractivity (Wildman–Crippen MR) is 134 cm³/mol. The van der Waals surface area contributed by atoms with Gasteiger partial charge in [0.15, 0.2) is 0 Å². The molecule has 0 saturated carbocycles. The topological polar surface area (TPSA) is 43.8 Å². The van der Waals surface area contributed by atoms with Crippen molar-refractivity contribution >= 4 is 5.78 Å². The van der Waals surface area contributed by atoms with Gasteiger partial charge in [-0.1, -0.05) is 73.7 Å². The van der Waals surface area contributed by atoms with E-state index in [4.69, 9.17) is 0 Å². The molecule has 4 rings (SSSR count). The van der Waals surface area contributed by atoms with Crippen LogP contribution in [-0.2, 0) is 17.9 Å². The van der Waals surface area contributed by atoms with Gasteiger partial charge in [0, 0.05) is 51.1 Å². The first-order valence-electron chi connectivity index (χ1n) is 12.4. The molecule has 0 spiro atoms. The minimum atomic E-state index is -0.951. The molecular formula is C29H38N2O2. The third kappa shape index (κ3) is 5.46. The van der Waals surface area contributed by atoms with E-state index in [0.717, 1.165) is 39.1 Å². The van der Waals surface area contributed by atoms with Gasteiger partial charge in [0.05, 0.1) is 11.5 Å². The molecule has 4 nitrogen and oxygen atoms in total. The molecule has 33 heavy (non-hydrogen) atoms. The van der Waals surface area contributed by atoms with Gasteiger partial charge in [-0.15, -0.1) is 6.58 Å². The number of nitrogens with zero attached hydrogens (tertiary/aromatic N) is 2. The summed E-state index contributed by atoms with van der Waals surface area (Å²) in [5, 5.41) is 12.1. The standard InChI is InChI=1S/C29H38N2O2/c1-3-11-25-20-31(19-24-14-9-6-10-15-24)22-27(28(25)32)29(33)16-17-30(21-26(29)4-2)18-23-12-7-5-8-13-23/h3,5-10,12-15,25-27,33H,1,4,11,16-22H2,2H3/t25-,26+,27+,29-/m1/s1. The fourth-order valence-electron chi connectivity index (χ4n) is 5.90. The molecule has 176 valence electrons. The van der Waals surface area contributed by atoms with Crippen molar-refractivity contribution in [1.29, 1.82) is 0 Å². The molecule has 2 aromatic carbocycles. The van der Waals surface area contributed by atoms with Gasteiger partial charge in [0.25, 0.3) is 0 Å². The Morgan fingerprint density at radius 2 is 1.58 bits per heavy atom. The van der Waals surface area contributed by atoms with Gasteiger partial charge in [0.2, 0.25) is 0 Å². The van der Waals surface area contributed by atoms with Gasteiger partial charge in [-0.2, -0.15) is 0 Å². The highest BCUT2D eigenvalue weighted by atomic mass is 16.3. The van der Waals surface area contributed by atoms with Crippen LogP contribution >= 0.6 is 0 Å². The second-order valence-corrected chi connectivity index (χ2v) is 9.92. The van der Waals surface area contributed by atoms with E-state index in [1.807, 2.05) is 18.2 Å². The Labute approximate surface area is 198 Å². The minimum absolute atomic E-state index is 0.0879. The Bertz CT molecular complexity index is 916. The van der Waals surface area contributed by atoms with Crippen LogP contribution in [0.2, 0.25) is 0 Å². The Morgan fingerprint density at radius 3 is 2.15 bits per heavy atom. The Balaban J connectivity index is 1.52. The number of rotatable bonds is 8. The second kappa shape index (κ2) is 10.8. The third-order valence-corrected chi connectivity index (χ3v) is 7.72. The molecule has 0 bridgehead atoms. The van der Waals surface area contributed by atoms with Crippen LogP contribution in [0.5, 0.6) is 0 Å². The summed E-state index contributed by atoms with van der Waals surface area (Å²) in [4.78, 5) is 18.4. The molecule has 0 radical (unpaired) electrons. The Hall–Kier alpha value is -2.27. The molecule has 4 atom stereocenters. The van der Waals surface area contributed by atoms with E-state index in [2.05, 4.69) is 71.8 Å². The van der Waals surface area contributed by atoms with Crippen molar-refractivity contribution in [2.24, 2.45) is 17.8 Å². The molecule has 2 aliphatic rings. The lowest BCUT2D eigenvalue weighted by atomic mass is 9.66. The number of allylic oxidation sites excluding steroid dienone is 1. The summed E-state index contributed by atoms with van der Waals surface area (Å²) in [6, 6.07) is 21.0. The van der Waals surface area contributed by atoms with Crippen molar-refractivity contribution in [2.45, 2.75) is 44.9 Å². The zero-order valence-electron chi connectivity index (χ0n) is 19.9. The largest absolute Gasteiger partial charge is 0.389 e. The first-order valence-corrected chi connectivity index (χ1v) is 12.4. The van der Waals surface area contributed by atoms with Crippen LogP contribution in [0, 0.1) is 17.8 Å². The Kier molecular flexibility index (Phi) is 7.79.